The molecule has 1 N–H and O–H groups in total. The summed E-state index contributed by atoms with van der Waals surface area (Å²) in [5, 5.41) is 11.3. The molecule has 0 amide bonds. The highest BCUT2D eigenvalue weighted by Crippen LogP contribution is 2.26. The standard InChI is InChI=1S/C13H9Cl2N5O2S/c14-12-6-5-11(7-13(12)15)23(21,22)17-9-1-3-10(4-2-9)20-8-16-18-19-20/h1-8,17H. The van der Waals surface area contributed by atoms with Gasteiger partial charge in [-0.25, -0.2) is 13.1 Å². The second-order valence-corrected chi connectivity index (χ2v) is 6.98. The topological polar surface area (TPSA) is 89.8 Å². The number of tetrazole rings is 1. The monoisotopic (exact) mass is 369 g/mol. The first kappa shape index (κ1) is 15.7. The molecule has 0 spiro atoms. The minimum atomic E-state index is -3.76. The molecular formula is C13H9Cl2N5O2S. The zero-order chi connectivity index (χ0) is 16.4. The first-order valence-corrected chi connectivity index (χ1v) is 8.51. The molecule has 3 rings (SSSR count). The van der Waals surface area contributed by atoms with E-state index in [-0.39, 0.29) is 14.9 Å². The molecular weight excluding hydrogens is 361 g/mol. The van der Waals surface area contributed by atoms with Gasteiger partial charge in [0.1, 0.15) is 6.33 Å². The van der Waals surface area contributed by atoms with Gasteiger partial charge in [0, 0.05) is 5.69 Å². The number of nitrogens with one attached hydrogen (secondary N) is 1. The SMILES string of the molecule is O=S(=O)(Nc1ccc(-n2cnnn2)cc1)c1ccc(Cl)c(Cl)c1. The molecule has 0 aliphatic carbocycles. The Morgan fingerprint density at radius 1 is 1.00 bits per heavy atom. The Hall–Kier alpha value is -2.16. The van der Waals surface area contributed by atoms with Crippen LogP contribution >= 0.6 is 23.2 Å². The van der Waals surface area contributed by atoms with Crippen LogP contribution in [0.15, 0.2) is 53.7 Å². The third-order valence-corrected chi connectivity index (χ3v) is 5.05. The maximum absolute atomic E-state index is 12.3. The van der Waals surface area contributed by atoms with E-state index in [4.69, 9.17) is 23.2 Å². The summed E-state index contributed by atoms with van der Waals surface area (Å²) in [6, 6.07) is 10.7. The molecule has 0 saturated carbocycles. The zero-order valence-electron chi connectivity index (χ0n) is 11.4. The lowest BCUT2D eigenvalue weighted by atomic mass is 10.3. The van der Waals surface area contributed by atoms with Gasteiger partial charge in [-0.15, -0.1) is 5.10 Å². The van der Waals surface area contributed by atoms with E-state index in [0.717, 1.165) is 0 Å². The van der Waals surface area contributed by atoms with Crippen molar-refractivity contribution in [3.63, 3.8) is 0 Å². The van der Waals surface area contributed by atoms with Gasteiger partial charge < -0.3 is 0 Å². The number of aromatic nitrogens is 4. The van der Waals surface area contributed by atoms with Gasteiger partial charge in [0.15, 0.2) is 0 Å². The van der Waals surface area contributed by atoms with Gasteiger partial charge in [-0.1, -0.05) is 23.2 Å². The predicted molar refractivity (Wildman–Crippen MR) is 86.4 cm³/mol. The lowest BCUT2D eigenvalue weighted by molar-refractivity contribution is 0.601. The molecule has 3 aromatic rings. The average Bonchev–Trinajstić information content (AvgIpc) is 3.04. The number of hydrogen-bond donors (Lipinski definition) is 1. The minimum absolute atomic E-state index is 0.0245. The van der Waals surface area contributed by atoms with E-state index in [1.54, 1.807) is 24.3 Å². The van der Waals surface area contributed by atoms with E-state index in [1.165, 1.54) is 29.2 Å². The minimum Gasteiger partial charge on any atom is -0.280 e. The molecule has 23 heavy (non-hydrogen) atoms. The van der Waals surface area contributed by atoms with Crippen molar-refractivity contribution in [2.45, 2.75) is 4.90 Å². The Morgan fingerprint density at radius 2 is 1.74 bits per heavy atom. The molecule has 0 unspecified atom stereocenters. The van der Waals surface area contributed by atoms with E-state index in [2.05, 4.69) is 20.2 Å². The third kappa shape index (κ3) is 3.44. The van der Waals surface area contributed by atoms with Crippen molar-refractivity contribution in [3.05, 3.63) is 58.8 Å². The highest BCUT2D eigenvalue weighted by molar-refractivity contribution is 7.92. The lowest BCUT2D eigenvalue weighted by Gasteiger charge is -2.09. The number of nitrogens with zero attached hydrogens (tertiary/aromatic N) is 4. The van der Waals surface area contributed by atoms with Crippen LogP contribution in [0.1, 0.15) is 0 Å². The second-order valence-electron chi connectivity index (χ2n) is 4.48. The fourth-order valence-corrected chi connectivity index (χ4v) is 3.27. The number of rotatable bonds is 4. The molecule has 118 valence electrons. The lowest BCUT2D eigenvalue weighted by Crippen LogP contribution is -2.13. The summed E-state index contributed by atoms with van der Waals surface area (Å²) in [7, 11) is -3.76. The van der Waals surface area contributed by atoms with Gasteiger partial charge in [0.05, 0.1) is 20.6 Å². The van der Waals surface area contributed by atoms with Crippen molar-refractivity contribution in [1.29, 1.82) is 0 Å². The normalized spacial score (nSPS) is 11.4. The Morgan fingerprint density at radius 3 is 2.35 bits per heavy atom. The highest BCUT2D eigenvalue weighted by atomic mass is 35.5. The molecule has 1 heterocycles. The Labute approximate surface area is 141 Å². The molecule has 7 nitrogen and oxygen atoms in total. The number of sulfonamides is 1. The van der Waals surface area contributed by atoms with Gasteiger partial charge in [-0.3, -0.25) is 4.72 Å². The van der Waals surface area contributed by atoms with Gasteiger partial charge in [-0.05, 0) is 52.9 Å². The fraction of sp³-hybridized carbons (Fsp3) is 0. The van der Waals surface area contributed by atoms with Crippen LogP contribution in [-0.4, -0.2) is 28.6 Å². The highest BCUT2D eigenvalue weighted by Gasteiger charge is 2.15. The van der Waals surface area contributed by atoms with Crippen LogP contribution in [0.3, 0.4) is 0 Å². The van der Waals surface area contributed by atoms with Crippen molar-refractivity contribution in [2.75, 3.05) is 4.72 Å². The van der Waals surface area contributed by atoms with E-state index in [0.29, 0.717) is 11.4 Å². The van der Waals surface area contributed by atoms with Crippen LogP contribution in [0.25, 0.3) is 5.69 Å². The summed E-state index contributed by atoms with van der Waals surface area (Å²) < 4.78 is 28.6. The molecule has 1 aromatic heterocycles. The molecule has 0 aliphatic heterocycles. The predicted octanol–water partition coefficient (Wildman–Crippen LogP) is 2.77. The van der Waals surface area contributed by atoms with E-state index in [1.807, 2.05) is 0 Å². The smallest absolute Gasteiger partial charge is 0.261 e. The quantitative estimate of drug-likeness (QED) is 0.763. The molecule has 0 atom stereocenters. The maximum Gasteiger partial charge on any atom is 0.261 e. The first-order valence-electron chi connectivity index (χ1n) is 6.27. The Kier molecular flexibility index (Phi) is 4.20. The van der Waals surface area contributed by atoms with E-state index >= 15 is 0 Å². The summed E-state index contributed by atoms with van der Waals surface area (Å²) in [6.07, 6.45) is 1.44. The molecule has 0 aliphatic rings. The van der Waals surface area contributed by atoms with E-state index in [9.17, 15) is 8.42 Å². The number of benzene rings is 2. The van der Waals surface area contributed by atoms with Crippen molar-refractivity contribution >= 4 is 38.9 Å². The van der Waals surface area contributed by atoms with E-state index < -0.39 is 10.0 Å². The van der Waals surface area contributed by atoms with Crippen LogP contribution in [0, 0.1) is 0 Å². The Bertz CT molecular complexity index is 928. The summed E-state index contributed by atoms with van der Waals surface area (Å²) in [5.74, 6) is 0. The molecule has 2 aromatic carbocycles. The van der Waals surface area contributed by atoms with Crippen molar-refractivity contribution in [2.24, 2.45) is 0 Å². The van der Waals surface area contributed by atoms with Crippen molar-refractivity contribution in [1.82, 2.24) is 20.2 Å². The maximum atomic E-state index is 12.3. The van der Waals surface area contributed by atoms with Gasteiger partial charge >= 0.3 is 0 Å². The summed E-state index contributed by atoms with van der Waals surface area (Å²) in [4.78, 5) is 0.0245. The molecule has 0 bridgehead atoms. The van der Waals surface area contributed by atoms with Crippen LogP contribution in [-0.2, 0) is 10.0 Å². The average molecular weight is 370 g/mol. The summed E-state index contributed by atoms with van der Waals surface area (Å²) in [6.45, 7) is 0. The number of hydrogen-bond acceptors (Lipinski definition) is 5. The van der Waals surface area contributed by atoms with Gasteiger partial charge in [-0.2, -0.15) is 0 Å². The third-order valence-electron chi connectivity index (χ3n) is 2.93. The number of anilines is 1. The van der Waals surface area contributed by atoms with Crippen LogP contribution < -0.4 is 4.72 Å². The Balaban J connectivity index is 1.84. The largest absolute Gasteiger partial charge is 0.280 e. The summed E-state index contributed by atoms with van der Waals surface area (Å²) >= 11 is 11.6. The first-order chi connectivity index (χ1) is 11.0. The van der Waals surface area contributed by atoms with Crippen LogP contribution in [0.4, 0.5) is 5.69 Å². The van der Waals surface area contributed by atoms with Crippen molar-refractivity contribution in [3.8, 4) is 5.69 Å². The zero-order valence-corrected chi connectivity index (χ0v) is 13.7. The van der Waals surface area contributed by atoms with Gasteiger partial charge in [0.2, 0.25) is 0 Å². The second kappa shape index (κ2) is 6.15. The van der Waals surface area contributed by atoms with Gasteiger partial charge in [0.25, 0.3) is 10.0 Å². The number of halogens is 2. The molecule has 10 heteroatoms. The molecule has 0 saturated heterocycles. The van der Waals surface area contributed by atoms with Crippen LogP contribution in [0.5, 0.6) is 0 Å². The summed E-state index contributed by atoms with van der Waals surface area (Å²) in [5.41, 5.74) is 1.10. The molecule has 0 fully saturated rings. The molecule has 0 radical (unpaired) electrons. The van der Waals surface area contributed by atoms with Crippen molar-refractivity contribution < 1.29 is 8.42 Å². The fourth-order valence-electron chi connectivity index (χ4n) is 1.82. The van der Waals surface area contributed by atoms with Crippen LogP contribution in [0.2, 0.25) is 10.0 Å².